The van der Waals surface area contributed by atoms with Crippen LogP contribution in [0.15, 0.2) is 48.5 Å². The molecule has 0 aromatic heterocycles. The molecule has 3 nitrogen and oxygen atoms in total. The topological polar surface area (TPSA) is 38.3 Å². The van der Waals surface area contributed by atoms with E-state index in [1.54, 1.807) is 14.0 Å². The van der Waals surface area contributed by atoms with Crippen molar-refractivity contribution in [1.82, 2.24) is 0 Å². The molecule has 4 rings (SSSR count). The molecule has 126 valence electrons. The van der Waals surface area contributed by atoms with Gasteiger partial charge < -0.3 is 10.1 Å². The number of nitrogens with one attached hydrogen (secondary N) is 1. The summed E-state index contributed by atoms with van der Waals surface area (Å²) in [5, 5.41) is 5.61. The lowest BCUT2D eigenvalue weighted by molar-refractivity contribution is 0.101. The molecule has 1 N–H and O–H groups in total. The van der Waals surface area contributed by atoms with Gasteiger partial charge in [0, 0.05) is 16.9 Å². The van der Waals surface area contributed by atoms with Gasteiger partial charge in [0.2, 0.25) is 0 Å². The van der Waals surface area contributed by atoms with Crippen LogP contribution in [0.5, 0.6) is 5.75 Å². The second-order valence-electron chi connectivity index (χ2n) is 6.59. The van der Waals surface area contributed by atoms with Crippen molar-refractivity contribution in [2.75, 3.05) is 12.4 Å². The molecular weight excluding hydrogens is 310 g/mol. The zero-order valence-electron chi connectivity index (χ0n) is 14.6. The minimum atomic E-state index is 0.158. The zero-order valence-corrected chi connectivity index (χ0v) is 14.6. The number of methoxy groups -OCH3 is 1. The highest BCUT2D eigenvalue weighted by Gasteiger charge is 2.20. The Morgan fingerprint density at radius 2 is 1.76 bits per heavy atom. The van der Waals surface area contributed by atoms with Crippen molar-refractivity contribution >= 4 is 27.9 Å². The minimum absolute atomic E-state index is 0.158. The third kappa shape index (κ3) is 2.86. The number of Topliss-reactive ketones (excluding diaryl/α,β-unsaturated/α-hetero) is 1. The maximum Gasteiger partial charge on any atom is 0.160 e. The summed E-state index contributed by atoms with van der Waals surface area (Å²) in [4.78, 5) is 12.3. The van der Waals surface area contributed by atoms with Gasteiger partial charge in [-0.15, -0.1) is 0 Å². The Kier molecular flexibility index (Phi) is 3.92. The van der Waals surface area contributed by atoms with Gasteiger partial charge in [0.05, 0.1) is 7.11 Å². The number of hydrogen-bond donors (Lipinski definition) is 1. The van der Waals surface area contributed by atoms with Crippen LogP contribution in [0.3, 0.4) is 0 Å². The van der Waals surface area contributed by atoms with Crippen LogP contribution in [0.2, 0.25) is 0 Å². The maximum atomic E-state index is 12.3. The van der Waals surface area contributed by atoms with Crippen molar-refractivity contribution in [2.24, 2.45) is 0 Å². The fourth-order valence-corrected chi connectivity index (χ4v) is 3.78. The summed E-state index contributed by atoms with van der Waals surface area (Å²) >= 11 is 0. The summed E-state index contributed by atoms with van der Waals surface area (Å²) < 4.78 is 5.20. The molecule has 0 saturated heterocycles. The number of hydrogen-bond acceptors (Lipinski definition) is 3. The van der Waals surface area contributed by atoms with E-state index >= 15 is 0 Å². The van der Waals surface area contributed by atoms with Crippen molar-refractivity contribution in [1.29, 1.82) is 0 Å². The number of fused-ring (bicyclic) bond motifs is 2. The van der Waals surface area contributed by atoms with Crippen LogP contribution in [-0.2, 0) is 12.8 Å². The lowest BCUT2D eigenvalue weighted by Crippen LogP contribution is -2.01. The Morgan fingerprint density at radius 3 is 2.48 bits per heavy atom. The van der Waals surface area contributed by atoms with E-state index in [4.69, 9.17) is 4.74 Å². The van der Waals surface area contributed by atoms with Crippen LogP contribution in [0.25, 0.3) is 10.8 Å². The van der Waals surface area contributed by atoms with Crippen LogP contribution in [0, 0.1) is 0 Å². The second-order valence-corrected chi connectivity index (χ2v) is 6.59. The highest BCUT2D eigenvalue weighted by molar-refractivity contribution is 6.09. The molecule has 1 aliphatic rings. The van der Waals surface area contributed by atoms with E-state index in [1.807, 2.05) is 24.3 Å². The molecule has 0 aliphatic heterocycles. The normalized spacial score (nSPS) is 12.9. The van der Waals surface area contributed by atoms with Crippen LogP contribution in [0.1, 0.15) is 34.8 Å². The SMILES string of the molecule is COc1ccc(Nc2ccc3cc4c(c(C(C)=O)c3c2)CCC4)cc1. The summed E-state index contributed by atoms with van der Waals surface area (Å²) in [7, 11) is 1.66. The van der Waals surface area contributed by atoms with Gasteiger partial charge in [-0.2, -0.15) is 0 Å². The van der Waals surface area contributed by atoms with Crippen molar-refractivity contribution in [3.05, 3.63) is 65.2 Å². The lowest BCUT2D eigenvalue weighted by atomic mass is 9.93. The number of ketones is 1. The van der Waals surface area contributed by atoms with Crippen molar-refractivity contribution in [3.63, 3.8) is 0 Å². The van der Waals surface area contributed by atoms with E-state index in [9.17, 15) is 4.79 Å². The molecule has 3 aromatic rings. The van der Waals surface area contributed by atoms with Gasteiger partial charge in [-0.05, 0) is 84.5 Å². The van der Waals surface area contributed by atoms with Crippen LogP contribution in [0.4, 0.5) is 11.4 Å². The number of ether oxygens (including phenoxy) is 1. The molecular formula is C22H21NO2. The molecule has 3 aromatic carbocycles. The molecule has 0 bridgehead atoms. The first kappa shape index (κ1) is 15.7. The molecule has 0 heterocycles. The quantitative estimate of drug-likeness (QED) is 0.661. The molecule has 25 heavy (non-hydrogen) atoms. The summed E-state index contributed by atoms with van der Waals surface area (Å²) in [6.45, 7) is 1.68. The van der Waals surface area contributed by atoms with Crippen LogP contribution in [-0.4, -0.2) is 12.9 Å². The van der Waals surface area contributed by atoms with Gasteiger partial charge >= 0.3 is 0 Å². The van der Waals surface area contributed by atoms with Gasteiger partial charge in [0.1, 0.15) is 5.75 Å². The van der Waals surface area contributed by atoms with Gasteiger partial charge in [-0.3, -0.25) is 4.79 Å². The number of carbonyl (C=O) groups excluding carboxylic acids is 1. The Morgan fingerprint density at radius 1 is 1.00 bits per heavy atom. The first-order chi connectivity index (χ1) is 12.2. The van der Waals surface area contributed by atoms with Gasteiger partial charge in [-0.25, -0.2) is 0 Å². The Balaban J connectivity index is 1.77. The highest BCUT2D eigenvalue weighted by Crippen LogP contribution is 2.34. The number of benzene rings is 3. The first-order valence-corrected chi connectivity index (χ1v) is 8.66. The zero-order chi connectivity index (χ0) is 17.4. The van der Waals surface area contributed by atoms with Crippen molar-refractivity contribution < 1.29 is 9.53 Å². The molecule has 0 atom stereocenters. The lowest BCUT2D eigenvalue weighted by Gasteiger charge is -2.13. The van der Waals surface area contributed by atoms with Gasteiger partial charge in [0.25, 0.3) is 0 Å². The standard InChI is InChI=1S/C22H21NO2/c1-14(24)22-20-5-3-4-15(20)12-16-6-7-18(13-21(16)22)23-17-8-10-19(25-2)11-9-17/h6-13,23H,3-5H2,1-2H3. The number of rotatable bonds is 4. The summed E-state index contributed by atoms with van der Waals surface area (Å²) in [6.07, 6.45) is 3.23. The number of aryl methyl sites for hydroxylation is 1. The predicted octanol–water partition coefficient (Wildman–Crippen LogP) is 5.28. The summed E-state index contributed by atoms with van der Waals surface area (Å²) in [5.74, 6) is 0.990. The predicted molar refractivity (Wildman–Crippen MR) is 102 cm³/mol. The molecule has 1 aliphatic carbocycles. The average molecular weight is 331 g/mol. The van der Waals surface area contributed by atoms with Gasteiger partial charge in [-0.1, -0.05) is 12.1 Å². The van der Waals surface area contributed by atoms with Crippen LogP contribution >= 0.6 is 0 Å². The molecule has 0 unspecified atom stereocenters. The maximum absolute atomic E-state index is 12.3. The third-order valence-corrected chi connectivity index (χ3v) is 4.95. The number of anilines is 2. The fourth-order valence-electron chi connectivity index (χ4n) is 3.78. The van der Waals surface area contributed by atoms with Crippen molar-refractivity contribution in [2.45, 2.75) is 26.2 Å². The van der Waals surface area contributed by atoms with E-state index in [0.717, 1.165) is 52.7 Å². The number of carbonyl (C=O) groups is 1. The van der Waals surface area contributed by atoms with Crippen molar-refractivity contribution in [3.8, 4) is 5.75 Å². The minimum Gasteiger partial charge on any atom is -0.497 e. The smallest absolute Gasteiger partial charge is 0.160 e. The van der Waals surface area contributed by atoms with E-state index in [1.165, 1.54) is 11.1 Å². The van der Waals surface area contributed by atoms with E-state index in [0.29, 0.717) is 0 Å². The Bertz CT molecular complexity index is 958. The van der Waals surface area contributed by atoms with E-state index in [2.05, 4.69) is 29.6 Å². The molecule has 0 saturated carbocycles. The van der Waals surface area contributed by atoms with Gasteiger partial charge in [0.15, 0.2) is 5.78 Å². The highest BCUT2D eigenvalue weighted by atomic mass is 16.5. The first-order valence-electron chi connectivity index (χ1n) is 8.66. The van der Waals surface area contributed by atoms with Crippen LogP contribution < -0.4 is 10.1 Å². The second kappa shape index (κ2) is 6.25. The average Bonchev–Trinajstić information content (AvgIpc) is 3.08. The summed E-state index contributed by atoms with van der Waals surface area (Å²) in [5.41, 5.74) is 5.47. The molecule has 0 radical (unpaired) electrons. The molecule has 0 amide bonds. The summed E-state index contributed by atoms with van der Waals surface area (Å²) in [6, 6.07) is 16.3. The Labute approximate surface area is 147 Å². The fraction of sp³-hybridized carbons (Fsp3) is 0.227. The molecule has 0 fully saturated rings. The monoisotopic (exact) mass is 331 g/mol. The Hall–Kier alpha value is -2.81. The third-order valence-electron chi connectivity index (χ3n) is 4.95. The largest absolute Gasteiger partial charge is 0.497 e. The molecule has 3 heteroatoms. The molecule has 0 spiro atoms. The van der Waals surface area contributed by atoms with E-state index < -0.39 is 0 Å². The van der Waals surface area contributed by atoms with E-state index in [-0.39, 0.29) is 5.78 Å².